The smallest absolute Gasteiger partial charge is 0.328 e. The fourth-order valence-electron chi connectivity index (χ4n) is 2.58. The van der Waals surface area contributed by atoms with Gasteiger partial charge in [0.25, 0.3) is 5.91 Å². The summed E-state index contributed by atoms with van der Waals surface area (Å²) in [6.45, 7) is 0. The van der Waals surface area contributed by atoms with E-state index >= 15 is 0 Å². The van der Waals surface area contributed by atoms with Crippen molar-refractivity contribution < 1.29 is 23.3 Å². The number of rotatable bonds is 9. The topological polar surface area (TPSA) is 81.7 Å². The Morgan fingerprint density at radius 3 is 2.15 bits per heavy atom. The number of carbonyl (C=O) groups is 2. The lowest BCUT2D eigenvalue weighted by atomic mass is 10.1. The van der Waals surface area contributed by atoms with Gasteiger partial charge in [-0.1, -0.05) is 48.5 Å². The van der Waals surface area contributed by atoms with Crippen molar-refractivity contribution in [1.82, 2.24) is 5.32 Å². The molecular formula is C20H23NO5S. The molecule has 0 heterocycles. The molecule has 0 unspecified atom stereocenters. The van der Waals surface area contributed by atoms with Crippen LogP contribution in [0.5, 0.6) is 0 Å². The highest BCUT2D eigenvalue weighted by Gasteiger charge is 2.27. The van der Waals surface area contributed by atoms with Crippen LogP contribution < -0.4 is 5.32 Å². The molecule has 0 aliphatic carbocycles. The van der Waals surface area contributed by atoms with Gasteiger partial charge in [-0.05, 0) is 24.1 Å². The third-order valence-corrected chi connectivity index (χ3v) is 5.38. The number of nitrogens with one attached hydrogen (secondary N) is 1. The van der Waals surface area contributed by atoms with E-state index in [0.29, 0.717) is 10.5 Å². The highest BCUT2D eigenvalue weighted by atomic mass is 32.2. The Morgan fingerprint density at radius 1 is 1.00 bits per heavy atom. The molecular weight excluding hydrogens is 366 g/mol. The Morgan fingerprint density at radius 2 is 1.59 bits per heavy atom. The van der Waals surface area contributed by atoms with Gasteiger partial charge in [0.2, 0.25) is 0 Å². The maximum absolute atomic E-state index is 12.6. The van der Waals surface area contributed by atoms with Gasteiger partial charge in [-0.2, -0.15) is 0 Å². The van der Waals surface area contributed by atoms with E-state index in [1.807, 2.05) is 12.1 Å². The number of amides is 1. The van der Waals surface area contributed by atoms with Gasteiger partial charge in [0.1, 0.15) is 6.04 Å². The van der Waals surface area contributed by atoms with Crippen LogP contribution in [0.25, 0.3) is 0 Å². The first-order valence-electron chi connectivity index (χ1n) is 8.46. The summed E-state index contributed by atoms with van der Waals surface area (Å²) in [5.41, 5.74) is 0.675. The third kappa shape index (κ3) is 6.01. The van der Waals surface area contributed by atoms with Gasteiger partial charge in [0.05, 0.1) is 17.9 Å². The van der Waals surface area contributed by atoms with E-state index in [2.05, 4.69) is 5.32 Å². The number of carbonyl (C=O) groups excluding carboxylic acids is 2. The minimum atomic E-state index is -1.28. The van der Waals surface area contributed by atoms with Crippen LogP contribution in [0.15, 0.2) is 65.6 Å². The van der Waals surface area contributed by atoms with Crippen molar-refractivity contribution in [3.8, 4) is 0 Å². The molecule has 2 aromatic carbocycles. The molecule has 2 rings (SSSR count). The highest BCUT2D eigenvalue weighted by molar-refractivity contribution is 7.85. The van der Waals surface area contributed by atoms with Crippen LogP contribution >= 0.6 is 0 Å². The molecule has 0 fully saturated rings. The predicted octanol–water partition coefficient (Wildman–Crippen LogP) is 2.23. The zero-order valence-electron chi connectivity index (χ0n) is 15.3. The van der Waals surface area contributed by atoms with Crippen molar-refractivity contribution in [3.05, 3.63) is 66.2 Å². The first-order valence-corrected chi connectivity index (χ1v) is 9.78. The fourth-order valence-corrected chi connectivity index (χ4v) is 3.72. The Kier molecular flexibility index (Phi) is 8.16. The number of esters is 1. The van der Waals surface area contributed by atoms with Gasteiger partial charge in [0, 0.05) is 17.8 Å². The minimum Gasteiger partial charge on any atom is -0.467 e. The predicted molar refractivity (Wildman–Crippen MR) is 102 cm³/mol. The van der Waals surface area contributed by atoms with Crippen molar-refractivity contribution in [2.24, 2.45) is 0 Å². The molecule has 7 heteroatoms. The van der Waals surface area contributed by atoms with Gasteiger partial charge < -0.3 is 14.8 Å². The molecule has 27 heavy (non-hydrogen) atoms. The first kappa shape index (κ1) is 20.8. The molecule has 0 radical (unpaired) electrons. The van der Waals surface area contributed by atoms with E-state index in [9.17, 15) is 13.8 Å². The molecule has 1 amide bonds. The normalized spacial score (nSPS) is 14.0. The maximum Gasteiger partial charge on any atom is 0.328 e. The Bertz CT molecular complexity index is 766. The third-order valence-electron chi connectivity index (χ3n) is 3.98. The molecule has 0 aromatic heterocycles. The van der Waals surface area contributed by atoms with Crippen LogP contribution in [0, 0.1) is 0 Å². The first-order chi connectivity index (χ1) is 13.1. The number of ether oxygens (including phenoxy) is 2. The van der Waals surface area contributed by atoms with Crippen LogP contribution in [-0.2, 0) is 29.9 Å². The van der Waals surface area contributed by atoms with Crippen molar-refractivity contribution >= 4 is 22.7 Å². The standard InChI is InChI=1S/C20H23NO5S/c1-25-18(15-9-5-3-6-10-15)19(22)21-17(20(23)26-2)13-14-27(24)16-11-7-4-8-12-16/h3-12,17-18H,13-14H2,1-2H3,(H,21,22)/t17-,18+,27+/m1/s1. The van der Waals surface area contributed by atoms with E-state index in [4.69, 9.17) is 9.47 Å². The van der Waals surface area contributed by atoms with Crippen LogP contribution in [-0.4, -0.2) is 42.1 Å². The van der Waals surface area contributed by atoms with Crippen LogP contribution in [0.1, 0.15) is 18.1 Å². The second-order valence-corrected chi connectivity index (χ2v) is 7.33. The lowest BCUT2D eigenvalue weighted by Gasteiger charge is -2.20. The van der Waals surface area contributed by atoms with Crippen molar-refractivity contribution in [1.29, 1.82) is 0 Å². The van der Waals surface area contributed by atoms with E-state index in [1.165, 1.54) is 14.2 Å². The molecule has 0 bridgehead atoms. The molecule has 3 atom stereocenters. The summed E-state index contributed by atoms with van der Waals surface area (Å²) in [6.07, 6.45) is -0.663. The number of benzene rings is 2. The molecule has 2 aromatic rings. The highest BCUT2D eigenvalue weighted by Crippen LogP contribution is 2.17. The molecule has 0 saturated heterocycles. The van der Waals surface area contributed by atoms with Gasteiger partial charge in [0.15, 0.2) is 6.10 Å². The summed E-state index contributed by atoms with van der Waals surface area (Å²) >= 11 is 0. The zero-order valence-corrected chi connectivity index (χ0v) is 16.1. The summed E-state index contributed by atoms with van der Waals surface area (Å²) in [7, 11) is 1.40. The number of hydrogen-bond acceptors (Lipinski definition) is 5. The van der Waals surface area contributed by atoms with Gasteiger partial charge in [-0.25, -0.2) is 4.79 Å². The van der Waals surface area contributed by atoms with Crippen molar-refractivity contribution in [3.63, 3.8) is 0 Å². The van der Waals surface area contributed by atoms with Crippen LogP contribution in [0.4, 0.5) is 0 Å². The van der Waals surface area contributed by atoms with E-state index in [-0.39, 0.29) is 12.2 Å². The molecule has 144 valence electrons. The Hall–Kier alpha value is -2.51. The van der Waals surface area contributed by atoms with Gasteiger partial charge in [-0.15, -0.1) is 0 Å². The average molecular weight is 389 g/mol. The molecule has 6 nitrogen and oxygen atoms in total. The average Bonchev–Trinajstić information content (AvgIpc) is 2.72. The summed E-state index contributed by atoms with van der Waals surface area (Å²) in [5.74, 6) is -0.825. The summed E-state index contributed by atoms with van der Waals surface area (Å²) < 4.78 is 22.4. The lowest BCUT2D eigenvalue weighted by molar-refractivity contribution is -0.146. The van der Waals surface area contributed by atoms with Gasteiger partial charge >= 0.3 is 5.97 Å². The fraction of sp³-hybridized carbons (Fsp3) is 0.300. The second-order valence-electron chi connectivity index (χ2n) is 5.76. The Labute approximate surface area is 161 Å². The quantitative estimate of drug-likeness (QED) is 0.665. The van der Waals surface area contributed by atoms with E-state index < -0.39 is 34.8 Å². The minimum absolute atomic E-state index is 0.186. The Balaban J connectivity index is 2.04. The second kappa shape index (κ2) is 10.6. The molecule has 0 spiro atoms. The van der Waals surface area contributed by atoms with Crippen molar-refractivity contribution in [2.75, 3.05) is 20.0 Å². The van der Waals surface area contributed by atoms with E-state index in [0.717, 1.165) is 0 Å². The number of hydrogen-bond donors (Lipinski definition) is 1. The molecule has 0 aliphatic heterocycles. The summed E-state index contributed by atoms with van der Waals surface area (Å²) in [5, 5.41) is 2.65. The van der Waals surface area contributed by atoms with E-state index in [1.54, 1.807) is 48.5 Å². The zero-order chi connectivity index (χ0) is 19.6. The largest absolute Gasteiger partial charge is 0.467 e. The molecule has 1 N–H and O–H groups in total. The lowest BCUT2D eigenvalue weighted by Crippen LogP contribution is -2.44. The SMILES string of the molecule is COC(=O)[C@@H](CC[S@](=O)c1ccccc1)NC(=O)[C@@H](OC)c1ccccc1. The summed E-state index contributed by atoms with van der Waals surface area (Å²) in [4.78, 5) is 25.3. The van der Waals surface area contributed by atoms with Crippen LogP contribution in [0.3, 0.4) is 0 Å². The monoisotopic (exact) mass is 389 g/mol. The number of methoxy groups -OCH3 is 2. The van der Waals surface area contributed by atoms with Gasteiger partial charge in [-0.3, -0.25) is 9.00 Å². The summed E-state index contributed by atoms with van der Waals surface area (Å²) in [6, 6.07) is 17.0. The molecule has 0 aliphatic rings. The van der Waals surface area contributed by atoms with Crippen molar-refractivity contribution in [2.45, 2.75) is 23.5 Å². The van der Waals surface area contributed by atoms with Crippen LogP contribution in [0.2, 0.25) is 0 Å². The maximum atomic E-state index is 12.6. The molecule has 0 saturated carbocycles.